The summed E-state index contributed by atoms with van der Waals surface area (Å²) >= 11 is 0. The molecule has 1 aromatic rings. The first-order chi connectivity index (χ1) is 8.53. The number of hydrogen-bond donors (Lipinski definition) is 1. The number of hydrogen-bond acceptors (Lipinski definition) is 3. The average molecular weight is 271 g/mol. The number of rotatable bonds is 8. The van der Waals surface area contributed by atoms with Gasteiger partial charge in [0.2, 0.25) is 10.0 Å². The van der Waals surface area contributed by atoms with Crippen LogP contribution < -0.4 is 4.72 Å². The van der Waals surface area contributed by atoms with E-state index in [9.17, 15) is 8.42 Å². The first-order valence-electron chi connectivity index (χ1n) is 6.03. The van der Waals surface area contributed by atoms with E-state index in [1.807, 2.05) is 25.1 Å². The lowest BCUT2D eigenvalue weighted by Crippen LogP contribution is -2.32. The average Bonchev–Trinajstić information content (AvgIpc) is 2.36. The van der Waals surface area contributed by atoms with Crippen LogP contribution in [0.1, 0.15) is 12.5 Å². The Morgan fingerprint density at radius 1 is 1.28 bits per heavy atom. The second-order valence-electron chi connectivity index (χ2n) is 4.46. The fourth-order valence-electron chi connectivity index (χ4n) is 1.62. The minimum atomic E-state index is -3.21. The van der Waals surface area contributed by atoms with Gasteiger partial charge in [-0.25, -0.2) is 13.1 Å². The van der Waals surface area contributed by atoms with Crippen LogP contribution in [-0.4, -0.2) is 34.4 Å². The topological polar surface area (TPSA) is 55.4 Å². The van der Waals surface area contributed by atoms with Gasteiger partial charge in [-0.3, -0.25) is 0 Å². The van der Waals surface area contributed by atoms with Gasteiger partial charge in [0, 0.05) is 13.7 Å². The van der Waals surface area contributed by atoms with Crippen LogP contribution in [0.5, 0.6) is 0 Å². The van der Waals surface area contributed by atoms with Gasteiger partial charge in [0.15, 0.2) is 0 Å². The zero-order valence-corrected chi connectivity index (χ0v) is 11.7. The van der Waals surface area contributed by atoms with E-state index >= 15 is 0 Å². The molecule has 1 rings (SSSR count). The lowest BCUT2D eigenvalue weighted by molar-refractivity contribution is 0.217. The minimum Gasteiger partial charge on any atom is -0.384 e. The molecule has 1 aromatic carbocycles. The SMILES string of the molecule is COCCS(=O)(=O)NCC(C)Cc1ccccc1. The van der Waals surface area contributed by atoms with Crippen molar-refractivity contribution >= 4 is 10.0 Å². The van der Waals surface area contributed by atoms with Gasteiger partial charge in [0.05, 0.1) is 12.4 Å². The highest BCUT2D eigenvalue weighted by Crippen LogP contribution is 2.07. The molecule has 0 heterocycles. The van der Waals surface area contributed by atoms with Crippen LogP contribution >= 0.6 is 0 Å². The molecule has 102 valence electrons. The van der Waals surface area contributed by atoms with E-state index in [2.05, 4.69) is 16.9 Å². The molecule has 0 bridgehead atoms. The normalized spacial score (nSPS) is 13.4. The molecular formula is C13H21NO3S. The molecule has 18 heavy (non-hydrogen) atoms. The summed E-state index contributed by atoms with van der Waals surface area (Å²) in [6.45, 7) is 2.72. The summed E-state index contributed by atoms with van der Waals surface area (Å²) in [5.74, 6) is 0.284. The molecule has 1 unspecified atom stereocenters. The van der Waals surface area contributed by atoms with Crippen molar-refractivity contribution in [2.75, 3.05) is 26.0 Å². The summed E-state index contributed by atoms with van der Waals surface area (Å²) in [6, 6.07) is 10.1. The maximum Gasteiger partial charge on any atom is 0.213 e. The third kappa shape index (κ3) is 6.14. The standard InChI is InChI=1S/C13H21NO3S/c1-12(10-13-6-4-3-5-7-13)11-14-18(15,16)9-8-17-2/h3-7,12,14H,8-11H2,1-2H3. The first-order valence-corrected chi connectivity index (χ1v) is 7.69. The minimum absolute atomic E-state index is 0.0154. The quantitative estimate of drug-likeness (QED) is 0.778. The molecule has 5 heteroatoms. The fraction of sp³-hybridized carbons (Fsp3) is 0.538. The zero-order chi connectivity index (χ0) is 13.4. The molecule has 4 nitrogen and oxygen atoms in total. The molecule has 0 fully saturated rings. The maximum atomic E-state index is 11.6. The Labute approximate surface area is 109 Å². The molecule has 0 saturated carbocycles. The van der Waals surface area contributed by atoms with Crippen LogP contribution in [0.2, 0.25) is 0 Å². The van der Waals surface area contributed by atoms with Crippen LogP contribution in [0, 0.1) is 5.92 Å². The van der Waals surface area contributed by atoms with Crippen LogP contribution in [-0.2, 0) is 21.2 Å². The second-order valence-corrected chi connectivity index (χ2v) is 6.38. The third-order valence-electron chi connectivity index (χ3n) is 2.63. The summed E-state index contributed by atoms with van der Waals surface area (Å²) in [5.41, 5.74) is 1.22. The molecule has 1 N–H and O–H groups in total. The van der Waals surface area contributed by atoms with Crippen molar-refractivity contribution in [3.8, 4) is 0 Å². The van der Waals surface area contributed by atoms with Crippen molar-refractivity contribution < 1.29 is 13.2 Å². The number of sulfonamides is 1. The van der Waals surface area contributed by atoms with E-state index in [1.165, 1.54) is 12.7 Å². The van der Waals surface area contributed by atoms with E-state index < -0.39 is 10.0 Å². The third-order valence-corrected chi connectivity index (χ3v) is 3.95. The monoisotopic (exact) mass is 271 g/mol. The van der Waals surface area contributed by atoms with Crippen LogP contribution in [0.15, 0.2) is 30.3 Å². The highest BCUT2D eigenvalue weighted by Gasteiger charge is 2.11. The molecule has 0 spiro atoms. The molecule has 0 aliphatic heterocycles. The van der Waals surface area contributed by atoms with E-state index in [1.54, 1.807) is 0 Å². The Balaban J connectivity index is 2.35. The predicted octanol–water partition coefficient (Wildman–Crippen LogP) is 1.43. The summed E-state index contributed by atoms with van der Waals surface area (Å²) in [4.78, 5) is 0. The number of methoxy groups -OCH3 is 1. The Morgan fingerprint density at radius 3 is 2.56 bits per heavy atom. The molecule has 0 amide bonds. The second kappa shape index (κ2) is 7.51. The molecule has 0 aromatic heterocycles. The summed E-state index contributed by atoms with van der Waals surface area (Å²) in [7, 11) is -1.71. The van der Waals surface area contributed by atoms with Crippen LogP contribution in [0.25, 0.3) is 0 Å². The van der Waals surface area contributed by atoms with E-state index in [4.69, 9.17) is 4.74 Å². The van der Waals surface area contributed by atoms with Gasteiger partial charge in [0.25, 0.3) is 0 Å². The van der Waals surface area contributed by atoms with E-state index in [0.29, 0.717) is 6.54 Å². The van der Waals surface area contributed by atoms with Gasteiger partial charge < -0.3 is 4.74 Å². The van der Waals surface area contributed by atoms with Crippen LogP contribution in [0.4, 0.5) is 0 Å². The van der Waals surface area contributed by atoms with E-state index in [-0.39, 0.29) is 18.3 Å². The highest BCUT2D eigenvalue weighted by atomic mass is 32.2. The summed E-state index contributed by atoms with van der Waals surface area (Å²) < 4.78 is 30.5. The van der Waals surface area contributed by atoms with Crippen molar-refractivity contribution in [2.45, 2.75) is 13.3 Å². The smallest absolute Gasteiger partial charge is 0.213 e. The number of ether oxygens (including phenoxy) is 1. The van der Waals surface area contributed by atoms with Gasteiger partial charge in [0.1, 0.15) is 0 Å². The Bertz CT molecular complexity index is 431. The predicted molar refractivity (Wildman–Crippen MR) is 73.0 cm³/mol. The van der Waals surface area contributed by atoms with Gasteiger partial charge in [-0.1, -0.05) is 37.3 Å². The van der Waals surface area contributed by atoms with Gasteiger partial charge in [-0.2, -0.15) is 0 Å². The van der Waals surface area contributed by atoms with Crippen molar-refractivity contribution in [1.82, 2.24) is 4.72 Å². The van der Waals surface area contributed by atoms with Crippen molar-refractivity contribution in [1.29, 1.82) is 0 Å². The Hall–Kier alpha value is -0.910. The number of benzene rings is 1. The van der Waals surface area contributed by atoms with Crippen molar-refractivity contribution in [2.24, 2.45) is 5.92 Å². The highest BCUT2D eigenvalue weighted by molar-refractivity contribution is 7.89. The first kappa shape index (κ1) is 15.1. The maximum absolute atomic E-state index is 11.6. The Kier molecular flexibility index (Phi) is 6.32. The molecule has 1 atom stereocenters. The molecule has 0 radical (unpaired) electrons. The molecule has 0 aliphatic carbocycles. The van der Waals surface area contributed by atoms with Crippen LogP contribution in [0.3, 0.4) is 0 Å². The lowest BCUT2D eigenvalue weighted by Gasteiger charge is -2.13. The van der Waals surface area contributed by atoms with Gasteiger partial charge >= 0.3 is 0 Å². The van der Waals surface area contributed by atoms with E-state index in [0.717, 1.165) is 6.42 Å². The fourth-order valence-corrected chi connectivity index (χ4v) is 2.69. The summed E-state index contributed by atoms with van der Waals surface area (Å²) in [5, 5.41) is 0. The zero-order valence-electron chi connectivity index (χ0n) is 10.9. The molecule has 0 saturated heterocycles. The lowest BCUT2D eigenvalue weighted by atomic mass is 10.0. The van der Waals surface area contributed by atoms with Crippen molar-refractivity contribution in [3.63, 3.8) is 0 Å². The van der Waals surface area contributed by atoms with Gasteiger partial charge in [-0.05, 0) is 17.9 Å². The molecular weight excluding hydrogens is 250 g/mol. The largest absolute Gasteiger partial charge is 0.384 e. The summed E-state index contributed by atoms with van der Waals surface area (Å²) in [6.07, 6.45) is 0.869. The Morgan fingerprint density at radius 2 is 1.94 bits per heavy atom. The number of nitrogens with one attached hydrogen (secondary N) is 1. The van der Waals surface area contributed by atoms with Crippen molar-refractivity contribution in [3.05, 3.63) is 35.9 Å². The molecule has 0 aliphatic rings. The van der Waals surface area contributed by atoms with Gasteiger partial charge in [-0.15, -0.1) is 0 Å².